The zero-order valence-corrected chi connectivity index (χ0v) is 14.8. The third kappa shape index (κ3) is 4.26. The summed E-state index contributed by atoms with van der Waals surface area (Å²) in [6.07, 6.45) is 3.03. The predicted molar refractivity (Wildman–Crippen MR) is 87.7 cm³/mol. The van der Waals surface area contributed by atoms with Crippen LogP contribution in [-0.4, -0.2) is 42.0 Å². The van der Waals surface area contributed by atoms with Crippen molar-refractivity contribution in [2.24, 2.45) is 0 Å². The molecule has 0 saturated carbocycles. The molecule has 0 aliphatic rings. The standard InChI is InChI=1S/C14H22N6O2S/c1-10(2)20-8-13(15-9-20)23(21,22)16-7-12-6-11(3)17-14(18-12)19(4)5/h6,8-10,16H,7H2,1-5H3. The SMILES string of the molecule is Cc1cc(CNS(=O)(=O)c2cn(C(C)C)cn2)nc(N(C)C)n1. The lowest BCUT2D eigenvalue weighted by molar-refractivity contribution is 0.575. The Kier molecular flexibility index (Phi) is 5.00. The van der Waals surface area contributed by atoms with Crippen LogP contribution in [0.3, 0.4) is 0 Å². The number of hydrogen-bond donors (Lipinski definition) is 1. The molecule has 2 heterocycles. The Bertz CT molecular complexity index is 782. The third-order valence-electron chi connectivity index (χ3n) is 3.19. The van der Waals surface area contributed by atoms with Crippen LogP contribution in [0.5, 0.6) is 0 Å². The number of hydrogen-bond acceptors (Lipinski definition) is 6. The largest absolute Gasteiger partial charge is 0.347 e. The number of imidazole rings is 1. The highest BCUT2D eigenvalue weighted by Crippen LogP contribution is 2.12. The van der Waals surface area contributed by atoms with Crippen molar-refractivity contribution in [3.63, 3.8) is 0 Å². The lowest BCUT2D eigenvalue weighted by Gasteiger charge is -2.12. The number of rotatable bonds is 6. The first-order valence-electron chi connectivity index (χ1n) is 7.24. The van der Waals surface area contributed by atoms with Crippen LogP contribution >= 0.6 is 0 Å². The van der Waals surface area contributed by atoms with Gasteiger partial charge < -0.3 is 9.47 Å². The van der Waals surface area contributed by atoms with Crippen molar-refractivity contribution >= 4 is 16.0 Å². The molecular formula is C14H22N6O2S. The van der Waals surface area contributed by atoms with Gasteiger partial charge in [0.05, 0.1) is 18.6 Å². The van der Waals surface area contributed by atoms with Crippen molar-refractivity contribution in [1.82, 2.24) is 24.2 Å². The van der Waals surface area contributed by atoms with Crippen molar-refractivity contribution in [3.8, 4) is 0 Å². The molecule has 0 radical (unpaired) electrons. The average molecular weight is 338 g/mol. The summed E-state index contributed by atoms with van der Waals surface area (Å²) in [5, 5.41) is 0.00445. The van der Waals surface area contributed by atoms with Crippen LogP contribution in [0.15, 0.2) is 23.6 Å². The Morgan fingerprint density at radius 2 is 2.00 bits per heavy atom. The van der Waals surface area contributed by atoms with Gasteiger partial charge in [0.25, 0.3) is 10.0 Å². The van der Waals surface area contributed by atoms with Crippen LogP contribution in [0.2, 0.25) is 0 Å². The highest BCUT2D eigenvalue weighted by molar-refractivity contribution is 7.89. The quantitative estimate of drug-likeness (QED) is 0.848. The van der Waals surface area contributed by atoms with E-state index < -0.39 is 10.0 Å². The first kappa shape index (κ1) is 17.4. The van der Waals surface area contributed by atoms with E-state index in [4.69, 9.17) is 0 Å². The summed E-state index contributed by atoms with van der Waals surface area (Å²) >= 11 is 0. The monoisotopic (exact) mass is 338 g/mol. The van der Waals surface area contributed by atoms with E-state index in [9.17, 15) is 8.42 Å². The van der Waals surface area contributed by atoms with Crippen molar-refractivity contribution in [3.05, 3.63) is 30.0 Å². The number of aromatic nitrogens is 4. The first-order valence-corrected chi connectivity index (χ1v) is 8.72. The molecule has 23 heavy (non-hydrogen) atoms. The van der Waals surface area contributed by atoms with Crippen LogP contribution in [0, 0.1) is 6.92 Å². The molecule has 0 bridgehead atoms. The number of aryl methyl sites for hydroxylation is 1. The van der Waals surface area contributed by atoms with E-state index >= 15 is 0 Å². The molecule has 9 heteroatoms. The lowest BCUT2D eigenvalue weighted by atomic mass is 10.3. The van der Waals surface area contributed by atoms with Crippen molar-refractivity contribution in [1.29, 1.82) is 0 Å². The number of anilines is 1. The Labute approximate surface area is 136 Å². The Hall–Kier alpha value is -2.00. The summed E-state index contributed by atoms with van der Waals surface area (Å²) in [6, 6.07) is 1.90. The third-order valence-corrected chi connectivity index (χ3v) is 4.47. The molecule has 0 aliphatic heterocycles. The fourth-order valence-electron chi connectivity index (χ4n) is 1.89. The molecule has 0 fully saturated rings. The number of nitrogens with one attached hydrogen (secondary N) is 1. The van der Waals surface area contributed by atoms with Gasteiger partial charge in [-0.15, -0.1) is 0 Å². The molecular weight excluding hydrogens is 316 g/mol. The topological polar surface area (TPSA) is 93.0 Å². The molecule has 2 aromatic heterocycles. The summed E-state index contributed by atoms with van der Waals surface area (Å²) < 4.78 is 28.9. The van der Waals surface area contributed by atoms with Crippen molar-refractivity contribution in [2.45, 2.75) is 38.4 Å². The molecule has 0 amide bonds. The van der Waals surface area contributed by atoms with Gasteiger partial charge in [0.2, 0.25) is 5.95 Å². The lowest BCUT2D eigenvalue weighted by Crippen LogP contribution is -2.25. The van der Waals surface area contributed by atoms with Gasteiger partial charge >= 0.3 is 0 Å². The van der Waals surface area contributed by atoms with Crippen LogP contribution < -0.4 is 9.62 Å². The summed E-state index contributed by atoms with van der Waals surface area (Å²) in [6.45, 7) is 5.84. The summed E-state index contributed by atoms with van der Waals surface area (Å²) in [7, 11) is -0.00386. The summed E-state index contributed by atoms with van der Waals surface area (Å²) in [5.74, 6) is 0.545. The van der Waals surface area contributed by atoms with Crippen molar-refractivity contribution < 1.29 is 8.42 Å². The molecule has 126 valence electrons. The molecule has 2 rings (SSSR count). The van der Waals surface area contributed by atoms with Crippen LogP contribution in [0.1, 0.15) is 31.3 Å². The summed E-state index contributed by atoms with van der Waals surface area (Å²) in [4.78, 5) is 14.3. The molecule has 8 nitrogen and oxygen atoms in total. The van der Waals surface area contributed by atoms with Crippen LogP contribution in [-0.2, 0) is 16.6 Å². The van der Waals surface area contributed by atoms with Gasteiger partial charge in [-0.1, -0.05) is 0 Å². The molecule has 1 N–H and O–H groups in total. The molecule has 0 unspecified atom stereocenters. The maximum absolute atomic E-state index is 12.3. The van der Waals surface area contributed by atoms with Gasteiger partial charge in [0.15, 0.2) is 5.03 Å². The molecule has 0 spiro atoms. The van der Waals surface area contributed by atoms with Gasteiger partial charge in [-0.2, -0.15) is 0 Å². The zero-order chi connectivity index (χ0) is 17.2. The van der Waals surface area contributed by atoms with E-state index in [1.807, 2.05) is 34.9 Å². The fraction of sp³-hybridized carbons (Fsp3) is 0.500. The van der Waals surface area contributed by atoms with Gasteiger partial charge in [0.1, 0.15) is 0 Å². The first-order chi connectivity index (χ1) is 10.7. The predicted octanol–water partition coefficient (Wildman–Crippen LogP) is 1.11. The van der Waals surface area contributed by atoms with Gasteiger partial charge in [-0.05, 0) is 26.8 Å². The minimum atomic E-state index is -3.67. The molecule has 2 aromatic rings. The maximum Gasteiger partial charge on any atom is 0.259 e. The Morgan fingerprint density at radius 3 is 2.57 bits per heavy atom. The fourth-order valence-corrected chi connectivity index (χ4v) is 2.82. The minimum Gasteiger partial charge on any atom is -0.347 e. The van der Waals surface area contributed by atoms with Gasteiger partial charge in [-0.25, -0.2) is 28.1 Å². The summed E-state index contributed by atoms with van der Waals surface area (Å²) in [5.41, 5.74) is 1.38. The number of nitrogens with zero attached hydrogens (tertiary/aromatic N) is 5. The van der Waals surface area contributed by atoms with Gasteiger partial charge in [0, 0.05) is 32.0 Å². The Morgan fingerprint density at radius 1 is 1.30 bits per heavy atom. The van der Waals surface area contributed by atoms with E-state index in [2.05, 4.69) is 19.7 Å². The number of sulfonamides is 1. The van der Waals surface area contributed by atoms with Crippen molar-refractivity contribution in [2.75, 3.05) is 19.0 Å². The van der Waals surface area contributed by atoms with Gasteiger partial charge in [-0.3, -0.25) is 0 Å². The van der Waals surface area contributed by atoms with E-state index in [0.717, 1.165) is 5.69 Å². The highest BCUT2D eigenvalue weighted by Gasteiger charge is 2.18. The maximum atomic E-state index is 12.3. The zero-order valence-electron chi connectivity index (χ0n) is 14.0. The smallest absolute Gasteiger partial charge is 0.259 e. The normalized spacial score (nSPS) is 11.9. The minimum absolute atomic E-state index is 0.00445. The highest BCUT2D eigenvalue weighted by atomic mass is 32.2. The van der Waals surface area contributed by atoms with E-state index in [0.29, 0.717) is 11.6 Å². The molecule has 0 aliphatic carbocycles. The second-order valence-corrected chi connectivity index (χ2v) is 7.49. The van der Waals surface area contributed by atoms with E-state index in [1.165, 1.54) is 12.5 Å². The van der Waals surface area contributed by atoms with Crippen LogP contribution in [0.4, 0.5) is 5.95 Å². The van der Waals surface area contributed by atoms with Crippen LogP contribution in [0.25, 0.3) is 0 Å². The van der Waals surface area contributed by atoms with E-state index in [1.54, 1.807) is 15.5 Å². The van der Waals surface area contributed by atoms with E-state index in [-0.39, 0.29) is 17.6 Å². The molecule has 0 atom stereocenters. The second-order valence-electron chi connectivity index (χ2n) is 5.77. The molecule has 0 aromatic carbocycles. The second kappa shape index (κ2) is 6.63. The molecule has 0 saturated heterocycles. The Balaban J connectivity index is 2.15. The average Bonchev–Trinajstić information content (AvgIpc) is 2.95.